The van der Waals surface area contributed by atoms with E-state index in [-0.39, 0.29) is 0 Å². The second kappa shape index (κ2) is 7.56. The fourth-order valence-electron chi connectivity index (χ4n) is 4.33. The number of hydrogen-bond donors (Lipinski definition) is 0. The zero-order valence-corrected chi connectivity index (χ0v) is 13.7. The van der Waals surface area contributed by atoms with Gasteiger partial charge in [-0.1, -0.05) is 67.2 Å². The molecule has 0 N–H and O–H groups in total. The van der Waals surface area contributed by atoms with Crippen LogP contribution in [0.15, 0.2) is 0 Å². The molecule has 2 aliphatic carbocycles. The number of hydrogen-bond acceptors (Lipinski definition) is 0. The summed E-state index contributed by atoms with van der Waals surface area (Å²) in [7, 11) is 0. The van der Waals surface area contributed by atoms with Gasteiger partial charge in [0.2, 0.25) is 0 Å². The lowest BCUT2D eigenvalue weighted by Crippen LogP contribution is -2.10. The molecule has 4 atom stereocenters. The fourth-order valence-corrected chi connectivity index (χ4v) is 4.33. The van der Waals surface area contributed by atoms with Crippen LogP contribution in [0.1, 0.15) is 80.1 Å². The zero-order valence-electron chi connectivity index (χ0n) is 13.7. The van der Waals surface area contributed by atoms with Gasteiger partial charge >= 0.3 is 0 Å². The van der Waals surface area contributed by atoms with E-state index in [1.165, 1.54) is 38.5 Å². The molecule has 0 aliphatic heterocycles. The van der Waals surface area contributed by atoms with Crippen LogP contribution in [0.3, 0.4) is 0 Å². The van der Waals surface area contributed by atoms with Crippen molar-refractivity contribution in [3.8, 4) is 0 Å². The predicted octanol–water partition coefficient (Wildman–Crippen LogP) is 6.16. The Kier molecular flexibility index (Phi) is 6.74. The average Bonchev–Trinajstić information content (AvgIpc) is 2.87. The van der Waals surface area contributed by atoms with E-state index in [4.69, 9.17) is 0 Å². The van der Waals surface area contributed by atoms with E-state index >= 15 is 0 Å². The van der Waals surface area contributed by atoms with Crippen molar-refractivity contribution >= 4 is 0 Å². The largest absolute Gasteiger partial charge is 0.0625 e. The lowest BCUT2D eigenvalue weighted by atomic mass is 9.87. The standard InChI is InChI=1S/2C9H18/c2*1-7(2)9-6-4-5-8(9)3/h2*7-9H,4-6H2,1-3H3. The Hall–Kier alpha value is 0. The zero-order chi connectivity index (χ0) is 13.7. The van der Waals surface area contributed by atoms with Crippen LogP contribution in [0, 0.1) is 35.5 Å². The molecule has 0 aromatic rings. The molecular weight excluding hydrogens is 216 g/mol. The first kappa shape index (κ1) is 16.1. The molecule has 18 heavy (non-hydrogen) atoms. The Labute approximate surface area is 116 Å². The molecule has 0 amide bonds. The van der Waals surface area contributed by atoms with Crippen LogP contribution in [0.5, 0.6) is 0 Å². The molecular formula is C18H36. The first-order chi connectivity index (χ1) is 8.43. The molecule has 0 radical (unpaired) electrons. The molecule has 0 heteroatoms. The van der Waals surface area contributed by atoms with Crippen molar-refractivity contribution in [1.29, 1.82) is 0 Å². The van der Waals surface area contributed by atoms with Gasteiger partial charge in [-0.15, -0.1) is 0 Å². The highest BCUT2D eigenvalue weighted by molar-refractivity contribution is 4.76. The van der Waals surface area contributed by atoms with E-state index in [0.717, 1.165) is 35.5 Å². The minimum Gasteiger partial charge on any atom is -0.0625 e. The summed E-state index contributed by atoms with van der Waals surface area (Å²) in [4.78, 5) is 0. The Morgan fingerprint density at radius 3 is 1.06 bits per heavy atom. The van der Waals surface area contributed by atoms with Crippen LogP contribution in [0.4, 0.5) is 0 Å². The molecule has 0 saturated heterocycles. The van der Waals surface area contributed by atoms with E-state index < -0.39 is 0 Å². The van der Waals surface area contributed by atoms with Gasteiger partial charge in [0.05, 0.1) is 0 Å². The van der Waals surface area contributed by atoms with Crippen molar-refractivity contribution in [2.24, 2.45) is 35.5 Å². The average molecular weight is 252 g/mol. The van der Waals surface area contributed by atoms with Gasteiger partial charge in [0.25, 0.3) is 0 Å². The summed E-state index contributed by atoms with van der Waals surface area (Å²) in [6.45, 7) is 14.2. The van der Waals surface area contributed by atoms with Crippen LogP contribution in [-0.4, -0.2) is 0 Å². The summed E-state index contributed by atoms with van der Waals surface area (Å²) in [5.41, 5.74) is 0. The summed E-state index contributed by atoms with van der Waals surface area (Å²) < 4.78 is 0. The van der Waals surface area contributed by atoms with Crippen LogP contribution >= 0.6 is 0 Å². The third-order valence-corrected chi connectivity index (χ3v) is 5.57. The van der Waals surface area contributed by atoms with Gasteiger partial charge in [-0.2, -0.15) is 0 Å². The maximum atomic E-state index is 2.40. The highest BCUT2D eigenvalue weighted by Crippen LogP contribution is 2.36. The van der Waals surface area contributed by atoms with Crippen molar-refractivity contribution in [1.82, 2.24) is 0 Å². The third-order valence-electron chi connectivity index (χ3n) is 5.57. The summed E-state index contributed by atoms with van der Waals surface area (Å²) in [6, 6.07) is 0. The van der Waals surface area contributed by atoms with Gasteiger partial charge in [-0.05, 0) is 48.3 Å². The summed E-state index contributed by atoms with van der Waals surface area (Å²) in [6.07, 6.45) is 8.87. The normalized spacial score (nSPS) is 36.0. The van der Waals surface area contributed by atoms with Crippen LogP contribution < -0.4 is 0 Å². The van der Waals surface area contributed by atoms with E-state index in [1.54, 1.807) is 0 Å². The van der Waals surface area contributed by atoms with Gasteiger partial charge in [0.1, 0.15) is 0 Å². The van der Waals surface area contributed by atoms with Gasteiger partial charge in [-0.25, -0.2) is 0 Å². The molecule has 2 aliphatic rings. The van der Waals surface area contributed by atoms with Crippen molar-refractivity contribution in [2.45, 2.75) is 80.1 Å². The van der Waals surface area contributed by atoms with Crippen LogP contribution in [0.25, 0.3) is 0 Å². The van der Waals surface area contributed by atoms with E-state index in [1.807, 2.05) is 0 Å². The lowest BCUT2D eigenvalue weighted by molar-refractivity contribution is 0.314. The second-order valence-electron chi connectivity index (χ2n) is 7.63. The fraction of sp³-hybridized carbons (Fsp3) is 1.00. The van der Waals surface area contributed by atoms with Crippen molar-refractivity contribution in [2.75, 3.05) is 0 Å². The van der Waals surface area contributed by atoms with Gasteiger partial charge < -0.3 is 0 Å². The lowest BCUT2D eigenvalue weighted by Gasteiger charge is -2.18. The predicted molar refractivity (Wildman–Crippen MR) is 82.7 cm³/mol. The summed E-state index contributed by atoms with van der Waals surface area (Å²) in [5, 5.41) is 0. The third kappa shape index (κ3) is 4.59. The molecule has 2 fully saturated rings. The van der Waals surface area contributed by atoms with Crippen LogP contribution in [0.2, 0.25) is 0 Å². The Morgan fingerprint density at radius 2 is 0.944 bits per heavy atom. The summed E-state index contributed by atoms with van der Waals surface area (Å²) in [5.74, 6) is 5.91. The molecule has 0 aromatic heterocycles. The van der Waals surface area contributed by atoms with Gasteiger partial charge in [0.15, 0.2) is 0 Å². The smallest absolute Gasteiger partial charge is 0.0365 e. The molecule has 2 saturated carbocycles. The van der Waals surface area contributed by atoms with Crippen molar-refractivity contribution in [3.63, 3.8) is 0 Å². The van der Waals surface area contributed by atoms with Gasteiger partial charge in [-0.3, -0.25) is 0 Å². The molecule has 4 unspecified atom stereocenters. The topological polar surface area (TPSA) is 0 Å². The first-order valence-corrected chi connectivity index (χ1v) is 8.43. The van der Waals surface area contributed by atoms with E-state index in [2.05, 4.69) is 41.5 Å². The van der Waals surface area contributed by atoms with Crippen molar-refractivity contribution in [3.05, 3.63) is 0 Å². The second-order valence-corrected chi connectivity index (χ2v) is 7.63. The Morgan fingerprint density at radius 1 is 0.611 bits per heavy atom. The molecule has 108 valence electrons. The molecule has 0 aromatic carbocycles. The minimum absolute atomic E-state index is 0.919. The summed E-state index contributed by atoms with van der Waals surface area (Å²) >= 11 is 0. The van der Waals surface area contributed by atoms with E-state index in [0.29, 0.717) is 0 Å². The highest BCUT2D eigenvalue weighted by atomic mass is 14.3. The number of rotatable bonds is 2. The monoisotopic (exact) mass is 252 g/mol. The molecule has 0 spiro atoms. The Bertz CT molecular complexity index is 192. The maximum Gasteiger partial charge on any atom is -0.0365 e. The maximum absolute atomic E-state index is 2.40. The molecule has 0 heterocycles. The minimum atomic E-state index is 0.919. The van der Waals surface area contributed by atoms with E-state index in [9.17, 15) is 0 Å². The van der Waals surface area contributed by atoms with Crippen LogP contribution in [-0.2, 0) is 0 Å². The molecule has 0 nitrogen and oxygen atoms in total. The molecule has 0 bridgehead atoms. The quantitative estimate of drug-likeness (QED) is 0.552. The highest BCUT2D eigenvalue weighted by Gasteiger charge is 2.25. The molecule has 2 rings (SSSR count). The Balaban J connectivity index is 0.000000180. The van der Waals surface area contributed by atoms with Crippen molar-refractivity contribution < 1.29 is 0 Å². The SMILES string of the molecule is CC(C)C1CCCC1C.CC(C)C1CCCC1C. The first-order valence-electron chi connectivity index (χ1n) is 8.43. The van der Waals surface area contributed by atoms with Gasteiger partial charge in [0, 0.05) is 0 Å².